The normalized spacial score (nSPS) is 16.3. The standard InChI is InChI=1S/C16H24N2O/c1-3-13-5-7-14(8-6-13)18(16(19)4-2)15-9-11-17-12-10-15/h5-8,15,17H,3-4,9-12H2,1-2H3. The van der Waals surface area contributed by atoms with Crippen molar-refractivity contribution in [3.8, 4) is 0 Å². The Bertz CT molecular complexity index is 407. The molecule has 104 valence electrons. The number of nitrogens with one attached hydrogen (secondary N) is 1. The van der Waals surface area contributed by atoms with Crippen LogP contribution in [0.1, 0.15) is 38.7 Å². The van der Waals surface area contributed by atoms with E-state index < -0.39 is 0 Å². The Morgan fingerprint density at radius 3 is 2.37 bits per heavy atom. The largest absolute Gasteiger partial charge is 0.317 e. The lowest BCUT2D eigenvalue weighted by Gasteiger charge is -2.34. The monoisotopic (exact) mass is 260 g/mol. The van der Waals surface area contributed by atoms with Gasteiger partial charge in [-0.3, -0.25) is 4.79 Å². The van der Waals surface area contributed by atoms with Crippen LogP contribution >= 0.6 is 0 Å². The van der Waals surface area contributed by atoms with Crippen LogP contribution in [0.25, 0.3) is 0 Å². The van der Waals surface area contributed by atoms with Gasteiger partial charge in [0.15, 0.2) is 0 Å². The fraction of sp³-hybridized carbons (Fsp3) is 0.562. The zero-order valence-corrected chi connectivity index (χ0v) is 12.0. The van der Waals surface area contributed by atoms with Crippen molar-refractivity contribution in [2.75, 3.05) is 18.0 Å². The Morgan fingerprint density at radius 2 is 1.84 bits per heavy atom. The van der Waals surface area contributed by atoms with Gasteiger partial charge in [-0.2, -0.15) is 0 Å². The lowest BCUT2D eigenvalue weighted by atomic mass is 10.0. The Kier molecular flexibility index (Phi) is 4.97. The zero-order chi connectivity index (χ0) is 13.7. The van der Waals surface area contributed by atoms with Crippen molar-refractivity contribution in [2.45, 2.75) is 45.6 Å². The Morgan fingerprint density at radius 1 is 1.21 bits per heavy atom. The van der Waals surface area contributed by atoms with E-state index in [1.807, 2.05) is 11.8 Å². The van der Waals surface area contributed by atoms with Crippen molar-refractivity contribution in [2.24, 2.45) is 0 Å². The smallest absolute Gasteiger partial charge is 0.226 e. The van der Waals surface area contributed by atoms with Crippen molar-refractivity contribution in [1.82, 2.24) is 5.32 Å². The van der Waals surface area contributed by atoms with E-state index in [9.17, 15) is 4.79 Å². The molecule has 3 nitrogen and oxygen atoms in total. The van der Waals surface area contributed by atoms with Crippen LogP contribution in [0.4, 0.5) is 5.69 Å². The van der Waals surface area contributed by atoms with Crippen molar-refractivity contribution < 1.29 is 4.79 Å². The number of piperidine rings is 1. The summed E-state index contributed by atoms with van der Waals surface area (Å²) < 4.78 is 0. The first-order valence-corrected chi connectivity index (χ1v) is 7.38. The molecule has 0 bridgehead atoms. The van der Waals surface area contributed by atoms with Crippen LogP contribution in [-0.4, -0.2) is 25.0 Å². The third-order valence-corrected chi connectivity index (χ3v) is 3.87. The molecule has 0 saturated carbocycles. The van der Waals surface area contributed by atoms with E-state index in [1.165, 1.54) is 5.56 Å². The molecule has 0 radical (unpaired) electrons. The van der Waals surface area contributed by atoms with E-state index in [0.29, 0.717) is 12.5 Å². The molecule has 0 aromatic heterocycles. The summed E-state index contributed by atoms with van der Waals surface area (Å²) in [5.74, 6) is 0.233. The topological polar surface area (TPSA) is 32.3 Å². The number of hydrogen-bond acceptors (Lipinski definition) is 2. The maximum atomic E-state index is 12.3. The van der Waals surface area contributed by atoms with E-state index in [4.69, 9.17) is 0 Å². The summed E-state index contributed by atoms with van der Waals surface area (Å²) >= 11 is 0. The molecule has 2 rings (SSSR count). The van der Waals surface area contributed by atoms with Gasteiger partial charge in [0.2, 0.25) is 5.91 Å². The highest BCUT2D eigenvalue weighted by Gasteiger charge is 2.25. The van der Waals surface area contributed by atoms with Crippen molar-refractivity contribution >= 4 is 11.6 Å². The highest BCUT2D eigenvalue weighted by Crippen LogP contribution is 2.23. The van der Waals surface area contributed by atoms with Crippen LogP contribution in [0.5, 0.6) is 0 Å². The molecule has 19 heavy (non-hydrogen) atoms. The van der Waals surface area contributed by atoms with Gasteiger partial charge in [-0.15, -0.1) is 0 Å². The minimum atomic E-state index is 0.233. The maximum absolute atomic E-state index is 12.3. The zero-order valence-electron chi connectivity index (χ0n) is 12.0. The van der Waals surface area contributed by atoms with Gasteiger partial charge in [0, 0.05) is 18.2 Å². The summed E-state index contributed by atoms with van der Waals surface area (Å²) in [5.41, 5.74) is 2.37. The van der Waals surface area contributed by atoms with Gasteiger partial charge >= 0.3 is 0 Å². The summed E-state index contributed by atoms with van der Waals surface area (Å²) in [4.78, 5) is 14.3. The Hall–Kier alpha value is -1.35. The Labute approximate surface area is 116 Å². The van der Waals surface area contributed by atoms with Gasteiger partial charge in [-0.05, 0) is 50.0 Å². The van der Waals surface area contributed by atoms with Crippen LogP contribution in [-0.2, 0) is 11.2 Å². The molecule has 1 aromatic carbocycles. The molecule has 1 heterocycles. The fourth-order valence-electron chi connectivity index (χ4n) is 2.69. The first-order chi connectivity index (χ1) is 9.26. The number of benzene rings is 1. The molecule has 1 saturated heterocycles. The molecule has 1 aliphatic heterocycles. The molecule has 0 aliphatic carbocycles. The summed E-state index contributed by atoms with van der Waals surface area (Å²) in [6, 6.07) is 8.79. The van der Waals surface area contributed by atoms with Crippen molar-refractivity contribution in [3.05, 3.63) is 29.8 Å². The minimum absolute atomic E-state index is 0.233. The van der Waals surface area contributed by atoms with Gasteiger partial charge in [-0.1, -0.05) is 26.0 Å². The van der Waals surface area contributed by atoms with Crippen molar-refractivity contribution in [1.29, 1.82) is 0 Å². The molecule has 1 fully saturated rings. The molecule has 1 aliphatic rings. The maximum Gasteiger partial charge on any atom is 0.226 e. The molecule has 0 spiro atoms. The molecule has 1 N–H and O–H groups in total. The molecule has 1 aromatic rings. The number of amides is 1. The fourth-order valence-corrected chi connectivity index (χ4v) is 2.69. The van der Waals surface area contributed by atoms with E-state index in [1.54, 1.807) is 0 Å². The number of aryl methyl sites for hydroxylation is 1. The quantitative estimate of drug-likeness (QED) is 0.903. The van der Waals surface area contributed by atoms with E-state index in [0.717, 1.165) is 38.0 Å². The first kappa shape index (κ1) is 14.1. The summed E-state index contributed by atoms with van der Waals surface area (Å²) in [6.07, 6.45) is 3.69. The number of rotatable bonds is 4. The van der Waals surface area contributed by atoms with Crippen LogP contribution in [0.3, 0.4) is 0 Å². The molecule has 0 unspecified atom stereocenters. The summed E-state index contributed by atoms with van der Waals surface area (Å²) in [5, 5.41) is 3.36. The summed E-state index contributed by atoms with van der Waals surface area (Å²) in [7, 11) is 0. The van der Waals surface area contributed by atoms with E-state index >= 15 is 0 Å². The number of hydrogen-bond donors (Lipinski definition) is 1. The van der Waals surface area contributed by atoms with Crippen LogP contribution in [0.2, 0.25) is 0 Å². The predicted octanol–water partition coefficient (Wildman–Crippen LogP) is 2.74. The predicted molar refractivity (Wildman–Crippen MR) is 79.5 cm³/mol. The van der Waals surface area contributed by atoms with E-state index in [2.05, 4.69) is 36.5 Å². The number of anilines is 1. The van der Waals surface area contributed by atoms with Gasteiger partial charge in [0.05, 0.1) is 0 Å². The Balaban J connectivity index is 2.22. The van der Waals surface area contributed by atoms with Gasteiger partial charge in [0.1, 0.15) is 0 Å². The van der Waals surface area contributed by atoms with Gasteiger partial charge < -0.3 is 10.2 Å². The number of nitrogens with zero attached hydrogens (tertiary/aromatic N) is 1. The highest BCUT2D eigenvalue weighted by molar-refractivity contribution is 5.93. The second kappa shape index (κ2) is 6.71. The molecular formula is C16H24N2O. The van der Waals surface area contributed by atoms with Crippen LogP contribution < -0.4 is 10.2 Å². The minimum Gasteiger partial charge on any atom is -0.317 e. The molecule has 0 atom stereocenters. The van der Waals surface area contributed by atoms with Crippen molar-refractivity contribution in [3.63, 3.8) is 0 Å². The number of carbonyl (C=O) groups is 1. The van der Waals surface area contributed by atoms with Gasteiger partial charge in [0.25, 0.3) is 0 Å². The third-order valence-electron chi connectivity index (χ3n) is 3.87. The van der Waals surface area contributed by atoms with E-state index in [-0.39, 0.29) is 5.91 Å². The average molecular weight is 260 g/mol. The lowest BCUT2D eigenvalue weighted by Crippen LogP contribution is -2.46. The number of carbonyl (C=O) groups excluding carboxylic acids is 1. The SMILES string of the molecule is CCC(=O)N(c1ccc(CC)cc1)C1CCNCC1. The third kappa shape index (κ3) is 3.35. The first-order valence-electron chi connectivity index (χ1n) is 7.38. The summed E-state index contributed by atoms with van der Waals surface area (Å²) in [6.45, 7) is 6.10. The highest BCUT2D eigenvalue weighted by atomic mass is 16.2. The van der Waals surface area contributed by atoms with Crippen LogP contribution in [0, 0.1) is 0 Å². The molecule has 3 heteroatoms. The second-order valence-electron chi connectivity index (χ2n) is 5.12. The average Bonchev–Trinajstić information content (AvgIpc) is 2.49. The molecule has 1 amide bonds. The lowest BCUT2D eigenvalue weighted by molar-refractivity contribution is -0.118. The molecular weight excluding hydrogens is 236 g/mol. The van der Waals surface area contributed by atoms with Crippen LogP contribution in [0.15, 0.2) is 24.3 Å². The second-order valence-corrected chi connectivity index (χ2v) is 5.12. The van der Waals surface area contributed by atoms with Gasteiger partial charge in [-0.25, -0.2) is 0 Å².